The number of carbonyl (C=O) groups is 1. The molecule has 2 aliphatic rings. The summed E-state index contributed by atoms with van der Waals surface area (Å²) in [4.78, 5) is 11.4. The van der Waals surface area contributed by atoms with Crippen molar-refractivity contribution in [2.24, 2.45) is 17.8 Å². The molecule has 1 saturated carbocycles. The van der Waals surface area contributed by atoms with Gasteiger partial charge in [0, 0.05) is 19.3 Å². The number of aliphatic hydroxyl groups excluding tert-OH is 2. The number of carbonyl (C=O) groups excluding carboxylic acids is 1. The molecule has 2 aliphatic carbocycles. The van der Waals surface area contributed by atoms with Crippen molar-refractivity contribution in [2.45, 2.75) is 64.9 Å². The third-order valence-electron chi connectivity index (χ3n) is 5.95. The van der Waals surface area contributed by atoms with Crippen molar-refractivity contribution < 1.29 is 19.7 Å². The van der Waals surface area contributed by atoms with Crippen LogP contribution in [0.15, 0.2) is 35.8 Å². The van der Waals surface area contributed by atoms with Gasteiger partial charge in [-0.1, -0.05) is 37.6 Å². The zero-order chi connectivity index (χ0) is 19.4. The van der Waals surface area contributed by atoms with Crippen LogP contribution in [0.2, 0.25) is 0 Å². The van der Waals surface area contributed by atoms with Crippen LogP contribution in [0, 0.1) is 17.8 Å². The maximum Gasteiger partial charge on any atom is 0.308 e. The molecule has 4 heteroatoms. The first kappa shape index (κ1) is 19.7. The van der Waals surface area contributed by atoms with Gasteiger partial charge in [-0.3, -0.25) is 4.79 Å². The van der Waals surface area contributed by atoms with Crippen LogP contribution in [0.3, 0.4) is 0 Å². The Kier molecular flexibility index (Phi) is 6.41. The van der Waals surface area contributed by atoms with Gasteiger partial charge < -0.3 is 14.9 Å². The smallest absolute Gasteiger partial charge is 0.308 e. The number of benzene rings is 1. The summed E-state index contributed by atoms with van der Waals surface area (Å²) in [5, 5.41) is 20.6. The third kappa shape index (κ3) is 4.63. The van der Waals surface area contributed by atoms with E-state index in [9.17, 15) is 15.0 Å². The monoisotopic (exact) mass is 370 g/mol. The zero-order valence-corrected chi connectivity index (χ0v) is 16.3. The Bertz CT molecular complexity index is 745. The van der Waals surface area contributed by atoms with E-state index < -0.39 is 6.10 Å². The molecule has 0 heterocycles. The highest BCUT2D eigenvalue weighted by atomic mass is 16.5. The molecule has 4 atom stereocenters. The van der Waals surface area contributed by atoms with Gasteiger partial charge in [-0.05, 0) is 60.8 Å². The normalized spacial score (nSPS) is 25.9. The summed E-state index contributed by atoms with van der Waals surface area (Å²) < 4.78 is 5.38. The summed E-state index contributed by atoms with van der Waals surface area (Å²) in [6.07, 6.45) is 7.71. The number of fused-ring (bicyclic) bond motifs is 2. The Hall–Kier alpha value is -2.03. The molecular weight excluding hydrogens is 340 g/mol. The van der Waals surface area contributed by atoms with Crippen molar-refractivity contribution in [3.05, 3.63) is 46.9 Å². The Morgan fingerprint density at radius 2 is 2.15 bits per heavy atom. The van der Waals surface area contributed by atoms with Crippen molar-refractivity contribution in [1.82, 2.24) is 0 Å². The highest BCUT2D eigenvalue weighted by Crippen LogP contribution is 2.47. The van der Waals surface area contributed by atoms with E-state index in [0.717, 1.165) is 44.1 Å². The van der Waals surface area contributed by atoms with E-state index in [-0.39, 0.29) is 17.6 Å². The van der Waals surface area contributed by atoms with Gasteiger partial charge in [0.2, 0.25) is 0 Å². The number of hydrogen-bond donors (Lipinski definition) is 2. The second-order valence-corrected chi connectivity index (χ2v) is 7.91. The lowest BCUT2D eigenvalue weighted by molar-refractivity contribution is -0.131. The van der Waals surface area contributed by atoms with Crippen LogP contribution >= 0.6 is 0 Å². The van der Waals surface area contributed by atoms with Gasteiger partial charge in [0.25, 0.3) is 0 Å². The summed E-state index contributed by atoms with van der Waals surface area (Å²) in [6, 6.07) is 5.86. The van der Waals surface area contributed by atoms with E-state index in [1.807, 2.05) is 18.2 Å². The highest BCUT2D eigenvalue weighted by molar-refractivity contribution is 5.70. The fourth-order valence-corrected chi connectivity index (χ4v) is 4.62. The van der Waals surface area contributed by atoms with Gasteiger partial charge in [-0.25, -0.2) is 0 Å². The molecule has 0 spiro atoms. The summed E-state index contributed by atoms with van der Waals surface area (Å²) in [7, 11) is 0. The number of aliphatic hydroxyl groups is 2. The lowest BCUT2D eigenvalue weighted by atomic mass is 9.74. The second-order valence-electron chi connectivity index (χ2n) is 7.91. The van der Waals surface area contributed by atoms with E-state index in [2.05, 4.69) is 18.7 Å². The SMILES string of the molecule is CCCCCC(O)=C=C[C@H]1[C@H](O)CC2Cc3c(cccc3OC(C)=O)C[C@@H]21. The predicted octanol–water partition coefficient (Wildman–Crippen LogP) is 4.50. The largest absolute Gasteiger partial charge is 0.505 e. The van der Waals surface area contributed by atoms with Crippen molar-refractivity contribution in [3.8, 4) is 5.75 Å². The van der Waals surface area contributed by atoms with Gasteiger partial charge in [-0.15, -0.1) is 0 Å². The second kappa shape index (κ2) is 8.77. The van der Waals surface area contributed by atoms with Crippen LogP contribution in [0.5, 0.6) is 5.75 Å². The first-order valence-electron chi connectivity index (χ1n) is 10.1. The number of rotatable bonds is 6. The number of ether oxygens (including phenoxy) is 1. The van der Waals surface area contributed by atoms with Gasteiger partial charge in [0.05, 0.1) is 6.10 Å². The van der Waals surface area contributed by atoms with Crippen LogP contribution in [-0.4, -0.2) is 22.3 Å². The van der Waals surface area contributed by atoms with Gasteiger partial charge in [-0.2, -0.15) is 0 Å². The summed E-state index contributed by atoms with van der Waals surface area (Å²) in [6.45, 7) is 3.56. The Balaban J connectivity index is 1.77. The van der Waals surface area contributed by atoms with E-state index in [1.165, 1.54) is 12.5 Å². The first-order valence-corrected chi connectivity index (χ1v) is 10.1. The van der Waals surface area contributed by atoms with E-state index in [1.54, 1.807) is 0 Å². The predicted molar refractivity (Wildman–Crippen MR) is 105 cm³/mol. The van der Waals surface area contributed by atoms with Crippen molar-refractivity contribution in [1.29, 1.82) is 0 Å². The van der Waals surface area contributed by atoms with Gasteiger partial charge in [0.1, 0.15) is 11.5 Å². The van der Waals surface area contributed by atoms with E-state index in [0.29, 0.717) is 24.0 Å². The molecule has 146 valence electrons. The lowest BCUT2D eigenvalue weighted by Crippen LogP contribution is -2.26. The Morgan fingerprint density at radius 3 is 2.89 bits per heavy atom. The molecule has 3 rings (SSSR count). The van der Waals surface area contributed by atoms with Crippen LogP contribution in [0.1, 0.15) is 57.1 Å². The average Bonchev–Trinajstić information content (AvgIpc) is 2.92. The number of hydrogen-bond acceptors (Lipinski definition) is 4. The fraction of sp³-hybridized carbons (Fsp3) is 0.565. The molecule has 0 aromatic heterocycles. The first-order chi connectivity index (χ1) is 13.0. The molecule has 1 aromatic carbocycles. The standard InChI is InChI=1S/C23H30O4/c1-3-4-5-8-18(25)10-11-19-20-12-16-7-6-9-23(27-15(2)24)21(16)13-17(20)14-22(19)26/h6-7,9,11,17,19-20,22,25-26H,3-5,8,12-14H2,1-2H3/t10?,17?,19-,20+,22-/m1/s1. The zero-order valence-electron chi connectivity index (χ0n) is 16.3. The average molecular weight is 370 g/mol. The quantitative estimate of drug-likeness (QED) is 0.254. The van der Waals surface area contributed by atoms with Crippen LogP contribution in [0.25, 0.3) is 0 Å². The molecule has 27 heavy (non-hydrogen) atoms. The van der Waals surface area contributed by atoms with E-state index in [4.69, 9.17) is 4.74 Å². The minimum absolute atomic E-state index is 0.00820. The van der Waals surface area contributed by atoms with Crippen molar-refractivity contribution in [3.63, 3.8) is 0 Å². The molecule has 0 saturated heterocycles. The minimum atomic E-state index is -0.414. The summed E-state index contributed by atoms with van der Waals surface area (Å²) in [5.41, 5.74) is 5.32. The van der Waals surface area contributed by atoms with Gasteiger partial charge in [0.15, 0.2) is 0 Å². The fourth-order valence-electron chi connectivity index (χ4n) is 4.62. The lowest BCUT2D eigenvalue weighted by Gasteiger charge is -2.30. The molecule has 0 aliphatic heterocycles. The maximum absolute atomic E-state index is 11.4. The Labute approximate surface area is 161 Å². The van der Waals surface area contributed by atoms with Crippen molar-refractivity contribution in [2.75, 3.05) is 0 Å². The molecule has 1 unspecified atom stereocenters. The van der Waals surface area contributed by atoms with Crippen molar-refractivity contribution >= 4 is 5.97 Å². The van der Waals surface area contributed by atoms with Crippen LogP contribution in [-0.2, 0) is 17.6 Å². The molecule has 4 nitrogen and oxygen atoms in total. The Morgan fingerprint density at radius 1 is 1.33 bits per heavy atom. The molecule has 0 bridgehead atoms. The minimum Gasteiger partial charge on any atom is -0.505 e. The van der Waals surface area contributed by atoms with Crippen LogP contribution in [0.4, 0.5) is 0 Å². The highest BCUT2D eigenvalue weighted by Gasteiger charge is 2.44. The molecule has 1 fully saturated rings. The summed E-state index contributed by atoms with van der Waals surface area (Å²) >= 11 is 0. The number of unbranched alkanes of at least 4 members (excludes halogenated alkanes) is 2. The molecule has 1 aromatic rings. The molecule has 0 radical (unpaired) electrons. The van der Waals surface area contributed by atoms with E-state index >= 15 is 0 Å². The molecular formula is C23H30O4. The third-order valence-corrected chi connectivity index (χ3v) is 5.95. The molecule has 0 amide bonds. The van der Waals surface area contributed by atoms with Gasteiger partial charge >= 0.3 is 5.97 Å². The number of esters is 1. The van der Waals surface area contributed by atoms with Crippen LogP contribution < -0.4 is 4.74 Å². The topological polar surface area (TPSA) is 66.8 Å². The summed E-state index contributed by atoms with van der Waals surface area (Å²) in [5.74, 6) is 1.33. The maximum atomic E-state index is 11.4. The molecule has 2 N–H and O–H groups in total.